The van der Waals surface area contributed by atoms with Gasteiger partial charge in [-0.15, -0.1) is 0 Å². The number of amides is 3. The van der Waals surface area contributed by atoms with Gasteiger partial charge in [0.25, 0.3) is 0 Å². The van der Waals surface area contributed by atoms with Gasteiger partial charge in [0, 0.05) is 31.8 Å². The van der Waals surface area contributed by atoms with Crippen LogP contribution < -0.4 is 10.6 Å². The van der Waals surface area contributed by atoms with Crippen LogP contribution in [0.15, 0.2) is 0 Å². The maximum absolute atomic E-state index is 12.3. The standard InChI is InChI=1S/C17H31N3O3/c1-3-23-13(2)16(21)18-15-9-11-20(12-10-15)17(22)19-14-7-5-4-6-8-14/h13-15H,3-12H2,1-2H3,(H,18,21)(H,19,22). The van der Waals surface area contributed by atoms with Crippen LogP contribution in [0, 0.1) is 0 Å². The maximum atomic E-state index is 12.3. The molecule has 23 heavy (non-hydrogen) atoms. The van der Waals surface area contributed by atoms with Gasteiger partial charge in [-0.2, -0.15) is 0 Å². The zero-order chi connectivity index (χ0) is 16.7. The Morgan fingerprint density at radius 2 is 1.65 bits per heavy atom. The van der Waals surface area contributed by atoms with Crippen molar-refractivity contribution in [2.75, 3.05) is 19.7 Å². The number of hydrogen-bond donors (Lipinski definition) is 2. The summed E-state index contributed by atoms with van der Waals surface area (Å²) < 4.78 is 5.30. The van der Waals surface area contributed by atoms with Crippen molar-refractivity contribution < 1.29 is 14.3 Å². The highest BCUT2D eigenvalue weighted by Gasteiger charge is 2.26. The van der Waals surface area contributed by atoms with Crippen LogP contribution in [-0.2, 0) is 9.53 Å². The molecule has 6 heteroatoms. The molecule has 1 saturated heterocycles. The summed E-state index contributed by atoms with van der Waals surface area (Å²) in [6.07, 6.45) is 7.14. The van der Waals surface area contributed by atoms with Crippen molar-refractivity contribution in [1.82, 2.24) is 15.5 Å². The molecule has 0 radical (unpaired) electrons. The lowest BCUT2D eigenvalue weighted by atomic mass is 9.95. The molecule has 6 nitrogen and oxygen atoms in total. The summed E-state index contributed by atoms with van der Waals surface area (Å²) in [6, 6.07) is 0.550. The third-order valence-electron chi connectivity index (χ3n) is 4.85. The van der Waals surface area contributed by atoms with E-state index in [9.17, 15) is 9.59 Å². The van der Waals surface area contributed by atoms with Crippen LogP contribution in [0.5, 0.6) is 0 Å². The van der Waals surface area contributed by atoms with Gasteiger partial charge in [-0.1, -0.05) is 19.3 Å². The fraction of sp³-hybridized carbons (Fsp3) is 0.882. The van der Waals surface area contributed by atoms with Gasteiger partial charge in [0.1, 0.15) is 6.10 Å². The summed E-state index contributed by atoms with van der Waals surface area (Å²) in [5.41, 5.74) is 0. The molecule has 0 aromatic carbocycles. The van der Waals surface area contributed by atoms with E-state index in [0.717, 1.165) is 25.7 Å². The van der Waals surface area contributed by atoms with Gasteiger partial charge in [-0.3, -0.25) is 4.79 Å². The van der Waals surface area contributed by atoms with E-state index in [1.54, 1.807) is 6.92 Å². The largest absolute Gasteiger partial charge is 0.369 e. The number of rotatable bonds is 5. The number of urea groups is 1. The van der Waals surface area contributed by atoms with E-state index in [4.69, 9.17) is 4.74 Å². The van der Waals surface area contributed by atoms with Crippen LogP contribution in [0.1, 0.15) is 58.8 Å². The number of piperidine rings is 1. The maximum Gasteiger partial charge on any atom is 0.317 e. The molecule has 132 valence electrons. The number of ether oxygens (including phenoxy) is 1. The summed E-state index contributed by atoms with van der Waals surface area (Å²) in [6.45, 7) is 5.59. The van der Waals surface area contributed by atoms with Crippen molar-refractivity contribution in [3.8, 4) is 0 Å². The van der Waals surface area contributed by atoms with Crippen molar-refractivity contribution >= 4 is 11.9 Å². The van der Waals surface area contributed by atoms with Gasteiger partial charge in [0.05, 0.1) is 0 Å². The Morgan fingerprint density at radius 1 is 1.04 bits per heavy atom. The first-order chi connectivity index (χ1) is 11.1. The van der Waals surface area contributed by atoms with E-state index in [1.165, 1.54) is 19.3 Å². The molecule has 2 aliphatic rings. The first-order valence-electron chi connectivity index (χ1n) is 9.07. The first-order valence-corrected chi connectivity index (χ1v) is 9.07. The van der Waals surface area contributed by atoms with Crippen LogP contribution in [0.4, 0.5) is 4.79 Å². The zero-order valence-electron chi connectivity index (χ0n) is 14.5. The Balaban J connectivity index is 1.68. The average Bonchev–Trinajstić information content (AvgIpc) is 2.56. The summed E-state index contributed by atoms with van der Waals surface area (Å²) in [4.78, 5) is 26.1. The molecule has 2 fully saturated rings. The Bertz CT molecular complexity index is 389. The fourth-order valence-corrected chi connectivity index (χ4v) is 3.38. The van der Waals surface area contributed by atoms with Gasteiger partial charge in [0.15, 0.2) is 0 Å². The lowest BCUT2D eigenvalue weighted by molar-refractivity contribution is -0.132. The molecule has 0 aromatic heterocycles. The quantitative estimate of drug-likeness (QED) is 0.812. The van der Waals surface area contributed by atoms with E-state index in [1.807, 2.05) is 11.8 Å². The molecular formula is C17H31N3O3. The van der Waals surface area contributed by atoms with Gasteiger partial charge >= 0.3 is 6.03 Å². The van der Waals surface area contributed by atoms with E-state index < -0.39 is 6.10 Å². The second-order valence-electron chi connectivity index (χ2n) is 6.65. The van der Waals surface area contributed by atoms with Crippen LogP contribution in [0.25, 0.3) is 0 Å². The number of nitrogens with one attached hydrogen (secondary N) is 2. The van der Waals surface area contributed by atoms with Crippen LogP contribution >= 0.6 is 0 Å². The normalized spacial score (nSPS) is 21.7. The minimum atomic E-state index is -0.410. The molecule has 1 heterocycles. The third kappa shape index (κ3) is 5.68. The molecule has 1 unspecified atom stereocenters. The van der Waals surface area contributed by atoms with Crippen molar-refractivity contribution in [3.63, 3.8) is 0 Å². The lowest BCUT2D eigenvalue weighted by Gasteiger charge is -2.34. The van der Waals surface area contributed by atoms with E-state index in [0.29, 0.717) is 25.7 Å². The van der Waals surface area contributed by atoms with Gasteiger partial charge in [-0.05, 0) is 39.5 Å². The summed E-state index contributed by atoms with van der Waals surface area (Å²) in [7, 11) is 0. The van der Waals surface area contributed by atoms with E-state index in [-0.39, 0.29) is 18.0 Å². The SMILES string of the molecule is CCOC(C)C(=O)NC1CCN(C(=O)NC2CCCCC2)CC1. The Labute approximate surface area is 139 Å². The third-order valence-corrected chi connectivity index (χ3v) is 4.85. The highest BCUT2D eigenvalue weighted by Crippen LogP contribution is 2.18. The highest BCUT2D eigenvalue weighted by atomic mass is 16.5. The smallest absolute Gasteiger partial charge is 0.317 e. The second kappa shape index (κ2) is 9.11. The average molecular weight is 325 g/mol. The van der Waals surface area contributed by atoms with Crippen molar-refractivity contribution in [1.29, 1.82) is 0 Å². The number of carbonyl (C=O) groups excluding carboxylic acids is 2. The molecule has 3 amide bonds. The Kier molecular flexibility index (Phi) is 7.15. The van der Waals surface area contributed by atoms with Crippen molar-refractivity contribution in [3.05, 3.63) is 0 Å². The second-order valence-corrected chi connectivity index (χ2v) is 6.65. The predicted octanol–water partition coefficient (Wildman–Crippen LogP) is 2.03. The number of nitrogens with zero attached hydrogens (tertiary/aromatic N) is 1. The molecule has 0 bridgehead atoms. The number of likely N-dealkylation sites (tertiary alicyclic amines) is 1. The molecule has 2 N–H and O–H groups in total. The highest BCUT2D eigenvalue weighted by molar-refractivity contribution is 5.80. The van der Waals surface area contributed by atoms with Crippen LogP contribution in [0.2, 0.25) is 0 Å². The molecule has 1 atom stereocenters. The number of hydrogen-bond acceptors (Lipinski definition) is 3. The summed E-state index contributed by atoms with van der Waals surface area (Å²) in [5, 5.41) is 6.18. The van der Waals surface area contributed by atoms with Crippen LogP contribution in [-0.4, -0.2) is 54.7 Å². The Hall–Kier alpha value is -1.30. The minimum absolute atomic E-state index is 0.0584. The van der Waals surface area contributed by atoms with Gasteiger partial charge in [0.2, 0.25) is 5.91 Å². The molecule has 0 aromatic rings. The zero-order valence-corrected chi connectivity index (χ0v) is 14.5. The Morgan fingerprint density at radius 3 is 2.26 bits per heavy atom. The van der Waals surface area contributed by atoms with Crippen molar-refractivity contribution in [2.45, 2.75) is 77.0 Å². The topological polar surface area (TPSA) is 70.7 Å². The molecule has 1 aliphatic carbocycles. The van der Waals surface area contributed by atoms with Crippen LogP contribution in [0.3, 0.4) is 0 Å². The van der Waals surface area contributed by atoms with E-state index >= 15 is 0 Å². The molecular weight excluding hydrogens is 294 g/mol. The number of carbonyl (C=O) groups is 2. The van der Waals surface area contributed by atoms with Gasteiger partial charge in [-0.25, -0.2) is 4.79 Å². The van der Waals surface area contributed by atoms with Crippen molar-refractivity contribution in [2.24, 2.45) is 0 Å². The molecule has 2 rings (SSSR count). The van der Waals surface area contributed by atoms with E-state index in [2.05, 4.69) is 10.6 Å². The van der Waals surface area contributed by atoms with Gasteiger partial charge < -0.3 is 20.3 Å². The molecule has 1 saturated carbocycles. The molecule has 0 spiro atoms. The first kappa shape index (κ1) is 18.0. The minimum Gasteiger partial charge on any atom is -0.369 e. The summed E-state index contributed by atoms with van der Waals surface area (Å²) in [5.74, 6) is -0.0584. The molecule has 1 aliphatic heterocycles. The fourth-order valence-electron chi connectivity index (χ4n) is 3.38. The summed E-state index contributed by atoms with van der Waals surface area (Å²) >= 11 is 0. The lowest BCUT2D eigenvalue weighted by Crippen LogP contribution is -2.52. The predicted molar refractivity (Wildman–Crippen MR) is 89.2 cm³/mol. The monoisotopic (exact) mass is 325 g/mol.